The van der Waals surface area contributed by atoms with E-state index in [2.05, 4.69) is 33.4 Å². The molecule has 2 rings (SSSR count). The fourth-order valence-electron chi connectivity index (χ4n) is 3.18. The van der Waals surface area contributed by atoms with Crippen molar-refractivity contribution in [2.24, 2.45) is 17.3 Å². The van der Waals surface area contributed by atoms with Crippen LogP contribution in [-0.4, -0.2) is 19.5 Å². The van der Waals surface area contributed by atoms with Gasteiger partial charge >= 0.3 is 0 Å². The SMILES string of the molecule is C=C(C)C1OCC2(CO1)C(C)C=C(C)CC2C. The van der Waals surface area contributed by atoms with Crippen LogP contribution in [0.2, 0.25) is 0 Å². The molecular formula is C15H24O2. The Morgan fingerprint density at radius 2 is 1.94 bits per heavy atom. The molecule has 2 unspecified atom stereocenters. The third kappa shape index (κ3) is 2.21. The fraction of sp³-hybridized carbons (Fsp3) is 0.733. The van der Waals surface area contributed by atoms with Gasteiger partial charge < -0.3 is 9.47 Å². The molecule has 2 aliphatic rings. The lowest BCUT2D eigenvalue weighted by Crippen LogP contribution is -2.51. The summed E-state index contributed by atoms with van der Waals surface area (Å²) in [6, 6.07) is 0. The lowest BCUT2D eigenvalue weighted by Gasteiger charge is -2.49. The highest BCUT2D eigenvalue weighted by Gasteiger charge is 2.46. The summed E-state index contributed by atoms with van der Waals surface area (Å²) in [6.45, 7) is 14.3. The first kappa shape index (κ1) is 12.8. The summed E-state index contributed by atoms with van der Waals surface area (Å²) in [6.07, 6.45) is 3.34. The summed E-state index contributed by atoms with van der Waals surface area (Å²) in [5, 5.41) is 0. The van der Waals surface area contributed by atoms with Gasteiger partial charge in [-0.05, 0) is 37.7 Å². The zero-order chi connectivity index (χ0) is 12.6. The standard InChI is InChI=1S/C15H24O2/c1-10(2)14-16-8-15(9-17-14)12(4)6-11(3)7-13(15)5/h6,12-14H,1,7-9H2,2-5H3. The Hall–Kier alpha value is -0.600. The Bertz CT molecular complexity index is 335. The van der Waals surface area contributed by atoms with Crippen molar-refractivity contribution < 1.29 is 9.47 Å². The van der Waals surface area contributed by atoms with Crippen molar-refractivity contribution in [2.75, 3.05) is 13.2 Å². The van der Waals surface area contributed by atoms with Crippen LogP contribution in [0.3, 0.4) is 0 Å². The Labute approximate surface area is 105 Å². The van der Waals surface area contributed by atoms with Crippen LogP contribution in [0, 0.1) is 17.3 Å². The minimum absolute atomic E-state index is 0.158. The maximum Gasteiger partial charge on any atom is 0.179 e. The monoisotopic (exact) mass is 236 g/mol. The van der Waals surface area contributed by atoms with Gasteiger partial charge in [-0.2, -0.15) is 0 Å². The van der Waals surface area contributed by atoms with Crippen LogP contribution < -0.4 is 0 Å². The fourth-order valence-corrected chi connectivity index (χ4v) is 3.18. The Morgan fingerprint density at radius 3 is 2.41 bits per heavy atom. The summed E-state index contributed by atoms with van der Waals surface area (Å²) in [7, 11) is 0. The van der Waals surface area contributed by atoms with Gasteiger partial charge in [0, 0.05) is 5.41 Å². The van der Waals surface area contributed by atoms with Gasteiger partial charge in [0.2, 0.25) is 0 Å². The molecule has 0 saturated carbocycles. The van der Waals surface area contributed by atoms with Crippen molar-refractivity contribution in [2.45, 2.75) is 40.4 Å². The molecule has 0 aromatic carbocycles. The molecule has 2 nitrogen and oxygen atoms in total. The zero-order valence-corrected chi connectivity index (χ0v) is 11.5. The lowest BCUT2D eigenvalue weighted by atomic mass is 9.63. The number of rotatable bonds is 1. The highest BCUT2D eigenvalue weighted by atomic mass is 16.7. The first-order chi connectivity index (χ1) is 7.95. The Morgan fingerprint density at radius 1 is 1.35 bits per heavy atom. The van der Waals surface area contributed by atoms with Crippen LogP contribution in [0.1, 0.15) is 34.1 Å². The normalized spacial score (nSPS) is 42.4. The summed E-state index contributed by atoms with van der Waals surface area (Å²) < 4.78 is 11.7. The molecule has 0 bridgehead atoms. The molecule has 1 aliphatic heterocycles. The lowest BCUT2D eigenvalue weighted by molar-refractivity contribution is -0.234. The van der Waals surface area contributed by atoms with Crippen LogP contribution in [0.4, 0.5) is 0 Å². The maximum atomic E-state index is 5.86. The van der Waals surface area contributed by atoms with Gasteiger partial charge in [0.15, 0.2) is 6.29 Å². The van der Waals surface area contributed by atoms with Crippen LogP contribution in [0.25, 0.3) is 0 Å². The molecule has 1 aliphatic carbocycles. The summed E-state index contributed by atoms with van der Waals surface area (Å²) in [5.74, 6) is 1.14. The maximum absolute atomic E-state index is 5.86. The number of hydrogen-bond donors (Lipinski definition) is 0. The van der Waals surface area contributed by atoms with Crippen molar-refractivity contribution in [3.8, 4) is 0 Å². The van der Waals surface area contributed by atoms with Gasteiger partial charge in [0.25, 0.3) is 0 Å². The third-order valence-electron chi connectivity index (χ3n) is 4.46. The molecule has 1 heterocycles. The van der Waals surface area contributed by atoms with Crippen molar-refractivity contribution in [1.82, 2.24) is 0 Å². The van der Waals surface area contributed by atoms with Crippen LogP contribution in [0.15, 0.2) is 23.8 Å². The van der Waals surface area contributed by atoms with Crippen molar-refractivity contribution in [3.05, 3.63) is 23.8 Å². The van der Waals surface area contributed by atoms with E-state index in [9.17, 15) is 0 Å². The van der Waals surface area contributed by atoms with E-state index in [4.69, 9.17) is 9.47 Å². The van der Waals surface area contributed by atoms with Crippen molar-refractivity contribution in [1.29, 1.82) is 0 Å². The first-order valence-corrected chi connectivity index (χ1v) is 6.51. The molecular weight excluding hydrogens is 212 g/mol. The van der Waals surface area contributed by atoms with Gasteiger partial charge in [-0.1, -0.05) is 32.1 Å². The number of allylic oxidation sites excluding steroid dienone is 2. The summed E-state index contributed by atoms with van der Waals surface area (Å²) >= 11 is 0. The molecule has 2 heteroatoms. The van der Waals surface area contributed by atoms with E-state index in [-0.39, 0.29) is 11.7 Å². The van der Waals surface area contributed by atoms with Crippen LogP contribution in [0.5, 0.6) is 0 Å². The van der Waals surface area contributed by atoms with E-state index < -0.39 is 0 Å². The van der Waals surface area contributed by atoms with Gasteiger partial charge in [-0.3, -0.25) is 0 Å². The second kappa shape index (κ2) is 4.58. The average Bonchev–Trinajstić information content (AvgIpc) is 2.26. The smallest absolute Gasteiger partial charge is 0.179 e. The van der Waals surface area contributed by atoms with E-state index in [1.807, 2.05) is 6.92 Å². The molecule has 0 aromatic rings. The minimum atomic E-state index is -0.202. The van der Waals surface area contributed by atoms with Gasteiger partial charge in [0.1, 0.15) is 0 Å². The predicted octanol–water partition coefficient (Wildman–Crippen LogP) is 3.54. The van der Waals surface area contributed by atoms with E-state index in [1.165, 1.54) is 5.57 Å². The molecule has 1 spiro atoms. The minimum Gasteiger partial charge on any atom is -0.348 e. The molecule has 0 aromatic heterocycles. The van der Waals surface area contributed by atoms with E-state index >= 15 is 0 Å². The first-order valence-electron chi connectivity index (χ1n) is 6.51. The molecule has 1 saturated heterocycles. The molecule has 0 amide bonds. The highest BCUT2D eigenvalue weighted by Crippen LogP contribution is 2.47. The Balaban J connectivity index is 2.14. The number of hydrogen-bond acceptors (Lipinski definition) is 2. The van der Waals surface area contributed by atoms with Crippen molar-refractivity contribution in [3.63, 3.8) is 0 Å². The quantitative estimate of drug-likeness (QED) is 0.648. The van der Waals surface area contributed by atoms with E-state index in [0.717, 1.165) is 25.2 Å². The molecule has 0 radical (unpaired) electrons. The van der Waals surface area contributed by atoms with Crippen molar-refractivity contribution >= 4 is 0 Å². The second-order valence-corrected chi connectivity index (χ2v) is 5.94. The van der Waals surface area contributed by atoms with Crippen LogP contribution in [-0.2, 0) is 9.47 Å². The molecule has 1 fully saturated rings. The predicted molar refractivity (Wildman–Crippen MR) is 69.6 cm³/mol. The molecule has 96 valence electrons. The number of ether oxygens (including phenoxy) is 2. The molecule has 2 atom stereocenters. The van der Waals surface area contributed by atoms with Crippen LogP contribution >= 0.6 is 0 Å². The second-order valence-electron chi connectivity index (χ2n) is 5.94. The zero-order valence-electron chi connectivity index (χ0n) is 11.5. The van der Waals surface area contributed by atoms with E-state index in [1.54, 1.807) is 0 Å². The largest absolute Gasteiger partial charge is 0.348 e. The Kier molecular flexibility index (Phi) is 3.46. The summed E-state index contributed by atoms with van der Waals surface area (Å²) in [5.41, 5.74) is 2.62. The van der Waals surface area contributed by atoms with E-state index in [0.29, 0.717) is 11.8 Å². The van der Waals surface area contributed by atoms with Gasteiger partial charge in [0.05, 0.1) is 13.2 Å². The average molecular weight is 236 g/mol. The van der Waals surface area contributed by atoms with Gasteiger partial charge in [-0.25, -0.2) is 0 Å². The third-order valence-corrected chi connectivity index (χ3v) is 4.46. The molecule has 0 N–H and O–H groups in total. The molecule has 17 heavy (non-hydrogen) atoms. The van der Waals surface area contributed by atoms with Gasteiger partial charge in [-0.15, -0.1) is 0 Å². The highest BCUT2D eigenvalue weighted by molar-refractivity contribution is 5.14. The summed E-state index contributed by atoms with van der Waals surface area (Å²) in [4.78, 5) is 0. The topological polar surface area (TPSA) is 18.5 Å².